The zero-order valence-corrected chi connectivity index (χ0v) is 25.7. The molecule has 5 aromatic rings. The minimum Gasteiger partial charge on any atom is -0.493 e. The Labute approximate surface area is 267 Å². The van der Waals surface area contributed by atoms with E-state index >= 15 is 0 Å². The van der Waals surface area contributed by atoms with Crippen LogP contribution in [0, 0.1) is 6.92 Å². The highest BCUT2D eigenvalue weighted by atomic mass is 19.4. The van der Waals surface area contributed by atoms with Crippen LogP contribution in [0.2, 0.25) is 0 Å². The van der Waals surface area contributed by atoms with Gasteiger partial charge in [-0.15, -0.1) is 0 Å². The van der Waals surface area contributed by atoms with Gasteiger partial charge in [0, 0.05) is 17.4 Å². The second-order valence-electron chi connectivity index (χ2n) is 10.7. The molecule has 3 aromatic carbocycles. The lowest BCUT2D eigenvalue weighted by Gasteiger charge is -2.40. The van der Waals surface area contributed by atoms with Crippen molar-refractivity contribution in [3.63, 3.8) is 0 Å². The van der Waals surface area contributed by atoms with Gasteiger partial charge in [-0.05, 0) is 67.1 Å². The summed E-state index contributed by atoms with van der Waals surface area (Å²) in [7, 11) is 4.63. The molecule has 0 fully saturated rings. The van der Waals surface area contributed by atoms with Crippen LogP contribution in [0.15, 0.2) is 95.0 Å². The van der Waals surface area contributed by atoms with E-state index in [1.54, 1.807) is 37.2 Å². The number of ether oxygens (including phenoxy) is 3. The van der Waals surface area contributed by atoms with Crippen LogP contribution in [-0.4, -0.2) is 47.8 Å². The maximum atomic E-state index is 13.7. The molecule has 4 heterocycles. The van der Waals surface area contributed by atoms with Crippen LogP contribution in [0.3, 0.4) is 0 Å². The zero-order valence-electron chi connectivity index (χ0n) is 25.7. The van der Waals surface area contributed by atoms with E-state index in [0.29, 0.717) is 46.1 Å². The summed E-state index contributed by atoms with van der Waals surface area (Å²) in [6, 6.07) is 21.1. The Kier molecular flexibility index (Phi) is 7.30. The number of halogens is 3. The summed E-state index contributed by atoms with van der Waals surface area (Å²) in [6.07, 6.45) is -2.86. The number of pyridine rings is 1. The number of benzene rings is 3. The average Bonchev–Trinajstić information content (AvgIpc) is 3.42. The number of hydrogen-bond acceptors (Lipinski definition) is 9. The van der Waals surface area contributed by atoms with Gasteiger partial charge in [0.2, 0.25) is 5.75 Å². The van der Waals surface area contributed by atoms with Gasteiger partial charge in [-0.1, -0.05) is 24.3 Å². The molecule has 1 N–H and O–H groups in total. The fourth-order valence-corrected chi connectivity index (χ4v) is 5.92. The first-order valence-corrected chi connectivity index (χ1v) is 14.5. The van der Waals surface area contributed by atoms with Crippen molar-refractivity contribution in [3.05, 3.63) is 107 Å². The van der Waals surface area contributed by atoms with Gasteiger partial charge in [0.05, 0.1) is 50.0 Å². The average molecular weight is 640 g/mol. The normalized spacial score (nSPS) is 15.1. The minimum atomic E-state index is -4.52. The number of amidine groups is 2. The van der Waals surface area contributed by atoms with E-state index in [-0.39, 0.29) is 11.5 Å². The summed E-state index contributed by atoms with van der Waals surface area (Å²) in [4.78, 5) is 16.5. The Morgan fingerprint density at radius 3 is 2.26 bits per heavy atom. The number of aromatic nitrogens is 3. The van der Waals surface area contributed by atoms with Gasteiger partial charge >= 0.3 is 6.18 Å². The highest BCUT2D eigenvalue weighted by molar-refractivity contribution is 6.51. The van der Waals surface area contributed by atoms with Crippen molar-refractivity contribution < 1.29 is 27.4 Å². The summed E-state index contributed by atoms with van der Waals surface area (Å²) in [5.74, 6) is 2.97. The molecule has 0 saturated carbocycles. The largest absolute Gasteiger partial charge is 0.493 e. The SMILES string of the molecule is COc1cc([C@@H]2c3c(C)nn(-c4ccccn4)c3N=C3C(Nc4cccc(C(F)(F)F)c4)=Nc4ccccc4N32)cc(OC)c1OC. The third-order valence-corrected chi connectivity index (χ3v) is 7.96. The second kappa shape index (κ2) is 11.5. The molecule has 0 bridgehead atoms. The first kappa shape index (κ1) is 29.8. The molecule has 47 heavy (non-hydrogen) atoms. The Morgan fingerprint density at radius 2 is 1.57 bits per heavy atom. The Bertz CT molecular complexity index is 2030. The van der Waals surface area contributed by atoms with Gasteiger partial charge in [-0.25, -0.2) is 15.0 Å². The van der Waals surface area contributed by atoms with Gasteiger partial charge < -0.3 is 24.4 Å². The third-order valence-electron chi connectivity index (χ3n) is 7.96. The van der Waals surface area contributed by atoms with E-state index in [2.05, 4.69) is 10.3 Å². The van der Waals surface area contributed by atoms with Crippen LogP contribution in [0.25, 0.3) is 5.82 Å². The van der Waals surface area contributed by atoms with E-state index in [1.807, 2.05) is 60.4 Å². The van der Waals surface area contributed by atoms with E-state index in [9.17, 15) is 13.2 Å². The van der Waals surface area contributed by atoms with Crippen LogP contribution >= 0.6 is 0 Å². The zero-order chi connectivity index (χ0) is 32.9. The Morgan fingerprint density at radius 1 is 0.830 bits per heavy atom. The van der Waals surface area contributed by atoms with Crippen molar-refractivity contribution in [2.75, 3.05) is 31.5 Å². The molecule has 1 atom stereocenters. The molecule has 2 aliphatic heterocycles. The molecular formula is C34H28F3N7O3. The molecule has 2 aliphatic rings. The summed E-state index contributed by atoms with van der Waals surface area (Å²) >= 11 is 0. The van der Waals surface area contributed by atoms with Crippen LogP contribution in [0.4, 0.5) is 36.1 Å². The standard InChI is InChI=1S/C34H28F3N7O3/c1-19-28-29(20-16-25(45-2)30(47-4)26(17-20)46-3)43-24-13-6-5-12-23(24)40-31(39-22-11-9-10-21(18-22)34(35,36)37)33(43)41-32(28)44(42-19)27-14-7-8-15-38-27/h5-18,29H,1-4H3,(H,39,40)/t29-/m1/s1. The molecule has 0 radical (unpaired) electrons. The molecular weight excluding hydrogens is 611 g/mol. The quantitative estimate of drug-likeness (QED) is 0.207. The number of nitrogens with zero attached hydrogens (tertiary/aromatic N) is 6. The minimum absolute atomic E-state index is 0.199. The van der Waals surface area contributed by atoms with Crippen molar-refractivity contribution >= 4 is 34.6 Å². The first-order valence-electron chi connectivity index (χ1n) is 14.5. The van der Waals surface area contributed by atoms with E-state index in [0.717, 1.165) is 28.9 Å². The first-order chi connectivity index (χ1) is 22.7. The topological polar surface area (TPSA) is 98.4 Å². The van der Waals surface area contributed by atoms with Gasteiger partial charge in [-0.3, -0.25) is 0 Å². The number of rotatable bonds is 6. The van der Waals surface area contributed by atoms with Crippen molar-refractivity contribution in [1.82, 2.24) is 14.8 Å². The lowest BCUT2D eigenvalue weighted by Crippen LogP contribution is -2.46. The highest BCUT2D eigenvalue weighted by Crippen LogP contribution is 2.50. The molecule has 0 unspecified atom stereocenters. The Hall–Kier alpha value is -5.85. The fourth-order valence-electron chi connectivity index (χ4n) is 5.92. The molecule has 0 saturated heterocycles. The van der Waals surface area contributed by atoms with Crippen molar-refractivity contribution in [2.24, 2.45) is 9.98 Å². The number of nitrogens with one attached hydrogen (secondary N) is 1. The molecule has 0 amide bonds. The molecule has 7 rings (SSSR count). The van der Waals surface area contributed by atoms with Crippen LogP contribution in [0.5, 0.6) is 17.2 Å². The lowest BCUT2D eigenvalue weighted by molar-refractivity contribution is -0.137. The van der Waals surface area contributed by atoms with E-state index in [1.165, 1.54) is 13.2 Å². The maximum Gasteiger partial charge on any atom is 0.416 e. The van der Waals surface area contributed by atoms with E-state index in [4.69, 9.17) is 29.3 Å². The van der Waals surface area contributed by atoms with Gasteiger partial charge in [-0.2, -0.15) is 23.0 Å². The van der Waals surface area contributed by atoms with Crippen LogP contribution in [0.1, 0.15) is 28.4 Å². The van der Waals surface area contributed by atoms with Gasteiger partial charge in [0.25, 0.3) is 0 Å². The lowest BCUT2D eigenvalue weighted by atomic mass is 9.92. The number of anilines is 2. The number of alkyl halides is 3. The molecule has 2 aromatic heterocycles. The van der Waals surface area contributed by atoms with Crippen molar-refractivity contribution in [1.29, 1.82) is 0 Å². The third kappa shape index (κ3) is 5.09. The number of para-hydroxylation sites is 2. The van der Waals surface area contributed by atoms with Gasteiger partial charge in [0.15, 0.2) is 34.8 Å². The predicted octanol–water partition coefficient (Wildman–Crippen LogP) is 7.42. The number of aryl methyl sites for hydroxylation is 1. The predicted molar refractivity (Wildman–Crippen MR) is 172 cm³/mol. The van der Waals surface area contributed by atoms with E-state index < -0.39 is 17.8 Å². The molecule has 0 aliphatic carbocycles. The summed E-state index contributed by atoms with van der Waals surface area (Å²) in [6.45, 7) is 1.90. The highest BCUT2D eigenvalue weighted by Gasteiger charge is 2.42. The van der Waals surface area contributed by atoms with Crippen molar-refractivity contribution in [2.45, 2.75) is 19.1 Å². The number of fused-ring (bicyclic) bond motifs is 4. The number of methoxy groups -OCH3 is 3. The molecule has 238 valence electrons. The second-order valence-corrected chi connectivity index (χ2v) is 10.7. The monoisotopic (exact) mass is 639 g/mol. The smallest absolute Gasteiger partial charge is 0.416 e. The number of aliphatic imine (C=N–C) groups is 2. The van der Waals surface area contributed by atoms with Crippen molar-refractivity contribution in [3.8, 4) is 23.1 Å². The van der Waals surface area contributed by atoms with Gasteiger partial charge in [0.1, 0.15) is 0 Å². The fraction of sp³-hybridized carbons (Fsp3) is 0.176. The molecule has 0 spiro atoms. The van der Waals surface area contributed by atoms with Crippen LogP contribution in [-0.2, 0) is 6.18 Å². The number of hydrogen-bond donors (Lipinski definition) is 1. The maximum absolute atomic E-state index is 13.7. The van der Waals surface area contributed by atoms with Crippen LogP contribution < -0.4 is 24.4 Å². The molecule has 10 nitrogen and oxygen atoms in total. The summed E-state index contributed by atoms with van der Waals surface area (Å²) in [5, 5.41) is 8.00. The summed E-state index contributed by atoms with van der Waals surface area (Å²) < 4.78 is 59.7. The Balaban J connectivity index is 1.50. The molecule has 13 heteroatoms. The summed E-state index contributed by atoms with van der Waals surface area (Å²) in [5.41, 5.74) is 2.97.